The number of rotatable bonds is 4. The molecule has 1 atom stereocenters. The largest absolute Gasteiger partial charge is 0.336 e. The third-order valence-corrected chi connectivity index (χ3v) is 6.71. The Kier molecular flexibility index (Phi) is 5.47. The van der Waals surface area contributed by atoms with Gasteiger partial charge in [-0.3, -0.25) is 4.79 Å². The summed E-state index contributed by atoms with van der Waals surface area (Å²) < 4.78 is 25.1. The lowest BCUT2D eigenvalue weighted by atomic mass is 10.0. The Labute approximate surface area is 155 Å². The van der Waals surface area contributed by atoms with Crippen molar-refractivity contribution in [2.24, 2.45) is 0 Å². The summed E-state index contributed by atoms with van der Waals surface area (Å²) in [6.45, 7) is 4.80. The quantitative estimate of drug-likeness (QED) is 0.817. The zero-order valence-corrected chi connectivity index (χ0v) is 16.1. The van der Waals surface area contributed by atoms with E-state index in [1.54, 1.807) is 48.5 Å². The molecule has 1 amide bonds. The molecule has 0 radical (unpaired) electrons. The Morgan fingerprint density at radius 3 is 2.31 bits per heavy atom. The molecular weight excluding hydrogens is 346 g/mol. The molecule has 1 fully saturated rings. The summed E-state index contributed by atoms with van der Waals surface area (Å²) >= 11 is 0. The number of piperidine rings is 1. The minimum Gasteiger partial charge on any atom is -0.336 e. The molecule has 0 aromatic heterocycles. The molecule has 1 heterocycles. The monoisotopic (exact) mass is 371 g/mol. The summed E-state index contributed by atoms with van der Waals surface area (Å²) in [4.78, 5) is 14.9. The van der Waals surface area contributed by atoms with E-state index in [-0.39, 0.29) is 17.7 Å². The summed E-state index contributed by atoms with van der Waals surface area (Å²) in [5.41, 5.74) is 2.34. The number of aryl methyl sites for hydroxylation is 1. The lowest BCUT2D eigenvalue weighted by Crippen LogP contribution is -2.42. The van der Waals surface area contributed by atoms with E-state index in [0.717, 1.165) is 24.9 Å². The van der Waals surface area contributed by atoms with Gasteiger partial charge in [-0.25, -0.2) is 8.42 Å². The smallest absolute Gasteiger partial charge is 0.254 e. The van der Waals surface area contributed by atoms with Gasteiger partial charge in [0.1, 0.15) is 0 Å². The third kappa shape index (κ3) is 4.15. The third-order valence-electron chi connectivity index (χ3n) is 5.00. The molecular formula is C21H25NO3S. The van der Waals surface area contributed by atoms with Crippen LogP contribution in [0, 0.1) is 6.92 Å². The first-order valence-corrected chi connectivity index (χ1v) is 10.7. The van der Waals surface area contributed by atoms with E-state index >= 15 is 0 Å². The molecule has 26 heavy (non-hydrogen) atoms. The highest BCUT2D eigenvalue weighted by Crippen LogP contribution is 2.21. The van der Waals surface area contributed by atoms with Crippen LogP contribution in [0.4, 0.5) is 0 Å². The molecule has 2 aromatic carbocycles. The molecule has 1 unspecified atom stereocenters. The van der Waals surface area contributed by atoms with Crippen molar-refractivity contribution in [2.45, 2.75) is 49.8 Å². The first kappa shape index (κ1) is 18.6. The molecule has 1 aliphatic heterocycles. The van der Waals surface area contributed by atoms with Crippen LogP contribution in [0.25, 0.3) is 0 Å². The number of carbonyl (C=O) groups is 1. The highest BCUT2D eigenvalue weighted by Gasteiger charge is 2.24. The maximum atomic E-state index is 12.7. The molecule has 0 spiro atoms. The van der Waals surface area contributed by atoms with Gasteiger partial charge in [-0.15, -0.1) is 0 Å². The molecule has 0 saturated carbocycles. The van der Waals surface area contributed by atoms with Crippen molar-refractivity contribution in [3.8, 4) is 0 Å². The maximum Gasteiger partial charge on any atom is 0.254 e. The van der Waals surface area contributed by atoms with Gasteiger partial charge >= 0.3 is 0 Å². The van der Waals surface area contributed by atoms with Gasteiger partial charge in [0.2, 0.25) is 0 Å². The number of hydrogen-bond donors (Lipinski definition) is 0. The van der Waals surface area contributed by atoms with Crippen LogP contribution in [0.5, 0.6) is 0 Å². The first-order chi connectivity index (χ1) is 12.4. The normalized spacial score (nSPS) is 17.9. The van der Waals surface area contributed by atoms with E-state index < -0.39 is 9.84 Å². The van der Waals surface area contributed by atoms with Crippen molar-refractivity contribution in [3.05, 3.63) is 65.2 Å². The number of hydrogen-bond acceptors (Lipinski definition) is 3. The zero-order valence-electron chi connectivity index (χ0n) is 15.3. The van der Waals surface area contributed by atoms with Gasteiger partial charge in [0.25, 0.3) is 5.91 Å². The molecule has 138 valence electrons. The fourth-order valence-electron chi connectivity index (χ4n) is 3.36. The fraction of sp³-hybridized carbons (Fsp3) is 0.381. The Morgan fingerprint density at radius 1 is 1.04 bits per heavy atom. The summed E-state index contributed by atoms with van der Waals surface area (Å²) in [6.07, 6.45) is 3.25. The van der Waals surface area contributed by atoms with Crippen molar-refractivity contribution in [3.63, 3.8) is 0 Å². The zero-order chi connectivity index (χ0) is 18.7. The Bertz CT molecular complexity index is 870. The number of carbonyl (C=O) groups excluding carboxylic acids is 1. The SMILES string of the molecule is Cc1ccc(S(=O)(=O)Cc2ccc(C(=O)N3CCCCC3C)cc2)cc1. The van der Waals surface area contributed by atoms with Crippen LogP contribution >= 0.6 is 0 Å². The van der Waals surface area contributed by atoms with E-state index in [1.807, 2.05) is 11.8 Å². The van der Waals surface area contributed by atoms with E-state index in [4.69, 9.17) is 0 Å². The number of amides is 1. The lowest BCUT2D eigenvalue weighted by molar-refractivity contribution is 0.0635. The van der Waals surface area contributed by atoms with Crippen molar-refractivity contribution < 1.29 is 13.2 Å². The van der Waals surface area contributed by atoms with Crippen LogP contribution in [0.3, 0.4) is 0 Å². The second-order valence-electron chi connectivity index (χ2n) is 7.11. The van der Waals surface area contributed by atoms with Crippen molar-refractivity contribution in [1.82, 2.24) is 4.90 Å². The van der Waals surface area contributed by atoms with E-state index in [0.29, 0.717) is 16.0 Å². The Hall–Kier alpha value is -2.14. The topological polar surface area (TPSA) is 54.5 Å². The van der Waals surface area contributed by atoms with Gasteiger partial charge in [0.05, 0.1) is 10.6 Å². The van der Waals surface area contributed by atoms with Crippen LogP contribution in [-0.2, 0) is 15.6 Å². The fourth-order valence-corrected chi connectivity index (χ4v) is 4.71. The van der Waals surface area contributed by atoms with Crippen molar-refractivity contribution in [1.29, 1.82) is 0 Å². The van der Waals surface area contributed by atoms with Gasteiger partial charge in [0.15, 0.2) is 9.84 Å². The predicted octanol–water partition coefficient (Wildman–Crippen LogP) is 3.98. The van der Waals surface area contributed by atoms with Gasteiger partial charge < -0.3 is 4.90 Å². The number of nitrogens with zero attached hydrogens (tertiary/aromatic N) is 1. The van der Waals surface area contributed by atoms with Crippen molar-refractivity contribution in [2.75, 3.05) is 6.54 Å². The standard InChI is InChI=1S/C21H25NO3S/c1-16-6-12-20(13-7-16)26(24,25)15-18-8-10-19(11-9-18)21(23)22-14-4-3-5-17(22)2/h6-13,17H,3-5,14-15H2,1-2H3. The van der Waals surface area contributed by atoms with Gasteiger partial charge in [-0.2, -0.15) is 0 Å². The molecule has 4 nitrogen and oxygen atoms in total. The van der Waals surface area contributed by atoms with Gasteiger partial charge in [0, 0.05) is 18.2 Å². The molecule has 0 aliphatic carbocycles. The van der Waals surface area contributed by atoms with Gasteiger partial charge in [-0.1, -0.05) is 29.8 Å². The highest BCUT2D eigenvalue weighted by molar-refractivity contribution is 7.90. The molecule has 0 bridgehead atoms. The summed E-state index contributed by atoms with van der Waals surface area (Å²) in [5, 5.41) is 0. The van der Waals surface area contributed by atoms with Crippen molar-refractivity contribution >= 4 is 15.7 Å². The molecule has 1 saturated heterocycles. The minimum atomic E-state index is -3.39. The second kappa shape index (κ2) is 7.62. The van der Waals surface area contributed by atoms with Crippen LogP contribution in [0.2, 0.25) is 0 Å². The van der Waals surface area contributed by atoms with Gasteiger partial charge in [-0.05, 0) is 62.9 Å². The Balaban J connectivity index is 1.73. The summed E-state index contributed by atoms with van der Waals surface area (Å²) in [5.74, 6) is -0.0323. The van der Waals surface area contributed by atoms with Crippen LogP contribution in [0.1, 0.15) is 47.7 Å². The van der Waals surface area contributed by atoms with Crippen LogP contribution < -0.4 is 0 Å². The Morgan fingerprint density at radius 2 is 1.69 bits per heavy atom. The molecule has 2 aromatic rings. The summed E-state index contributed by atoms with van der Waals surface area (Å²) in [7, 11) is -3.39. The second-order valence-corrected chi connectivity index (χ2v) is 9.10. The van der Waals surface area contributed by atoms with Crippen LogP contribution in [0.15, 0.2) is 53.4 Å². The number of likely N-dealkylation sites (tertiary alicyclic amines) is 1. The molecule has 5 heteroatoms. The maximum absolute atomic E-state index is 12.7. The first-order valence-electron chi connectivity index (χ1n) is 9.06. The molecule has 3 rings (SSSR count). The number of benzene rings is 2. The number of sulfone groups is 1. The predicted molar refractivity (Wildman–Crippen MR) is 103 cm³/mol. The minimum absolute atomic E-state index is 0.0325. The van der Waals surface area contributed by atoms with Crippen LogP contribution in [-0.4, -0.2) is 31.8 Å². The average molecular weight is 372 g/mol. The average Bonchev–Trinajstić information content (AvgIpc) is 2.62. The van der Waals surface area contributed by atoms with E-state index in [2.05, 4.69) is 6.92 Å². The molecule has 0 N–H and O–H groups in total. The van der Waals surface area contributed by atoms with E-state index in [9.17, 15) is 13.2 Å². The molecule has 1 aliphatic rings. The highest BCUT2D eigenvalue weighted by atomic mass is 32.2. The van der Waals surface area contributed by atoms with E-state index in [1.165, 1.54) is 6.42 Å². The summed E-state index contributed by atoms with van der Waals surface area (Å²) in [6, 6.07) is 14.1. The lowest BCUT2D eigenvalue weighted by Gasteiger charge is -2.33.